The highest BCUT2D eigenvalue weighted by Crippen LogP contribution is 2.36. The summed E-state index contributed by atoms with van der Waals surface area (Å²) in [6.07, 6.45) is 0. The number of fused-ring (bicyclic) bond motifs is 1. The summed E-state index contributed by atoms with van der Waals surface area (Å²) in [7, 11) is -3.80. The lowest BCUT2D eigenvalue weighted by molar-refractivity contribution is -0.116. The van der Waals surface area contributed by atoms with Crippen LogP contribution >= 0.6 is 11.8 Å². The second-order valence-corrected chi connectivity index (χ2v) is 8.26. The largest absolute Gasteiger partial charge is 0.311 e. The van der Waals surface area contributed by atoms with Gasteiger partial charge in [-0.05, 0) is 42.5 Å². The molecule has 0 radical (unpaired) electrons. The Morgan fingerprint density at radius 1 is 1.24 bits per heavy atom. The second kappa shape index (κ2) is 6.78. The molecule has 0 fully saturated rings. The van der Waals surface area contributed by atoms with Crippen LogP contribution in [0.15, 0.2) is 52.3 Å². The standard InChI is InChI=1S/C17H15N3O3S2/c1-12(21)20-8-9-24-17-7-6-15(10-16(17)20)25(22,23)19-14-4-2-13(11-18)3-5-14/h2-7,10,19H,8-9H2,1H3. The molecule has 0 saturated carbocycles. The normalized spacial score (nSPS) is 13.7. The highest BCUT2D eigenvalue weighted by Gasteiger charge is 2.24. The van der Waals surface area contributed by atoms with E-state index in [9.17, 15) is 13.2 Å². The van der Waals surface area contributed by atoms with E-state index in [1.807, 2.05) is 6.07 Å². The van der Waals surface area contributed by atoms with Crippen molar-refractivity contribution in [3.8, 4) is 6.07 Å². The Morgan fingerprint density at radius 3 is 2.60 bits per heavy atom. The maximum Gasteiger partial charge on any atom is 0.261 e. The molecule has 0 bridgehead atoms. The van der Waals surface area contributed by atoms with Gasteiger partial charge in [0.1, 0.15) is 0 Å². The molecule has 0 aliphatic carbocycles. The number of nitriles is 1. The molecule has 0 aromatic heterocycles. The Hall–Kier alpha value is -2.50. The van der Waals surface area contributed by atoms with E-state index in [-0.39, 0.29) is 10.8 Å². The van der Waals surface area contributed by atoms with Gasteiger partial charge in [0.2, 0.25) is 5.91 Å². The topological polar surface area (TPSA) is 90.3 Å². The van der Waals surface area contributed by atoms with Gasteiger partial charge in [-0.15, -0.1) is 11.8 Å². The molecular formula is C17H15N3O3S2. The molecule has 6 nitrogen and oxygen atoms in total. The molecule has 1 heterocycles. The van der Waals surface area contributed by atoms with Gasteiger partial charge in [0.15, 0.2) is 0 Å². The number of hydrogen-bond acceptors (Lipinski definition) is 5. The van der Waals surface area contributed by atoms with Crippen molar-refractivity contribution in [2.24, 2.45) is 0 Å². The van der Waals surface area contributed by atoms with Crippen LogP contribution in [0.1, 0.15) is 12.5 Å². The van der Waals surface area contributed by atoms with Gasteiger partial charge in [-0.1, -0.05) is 0 Å². The molecule has 0 saturated heterocycles. The summed E-state index contributed by atoms with van der Waals surface area (Å²) in [4.78, 5) is 14.4. The minimum absolute atomic E-state index is 0.0874. The van der Waals surface area contributed by atoms with E-state index >= 15 is 0 Å². The first-order valence-electron chi connectivity index (χ1n) is 7.48. The second-order valence-electron chi connectivity index (χ2n) is 5.44. The Labute approximate surface area is 150 Å². The maximum absolute atomic E-state index is 12.6. The Kier molecular flexibility index (Phi) is 4.70. The quantitative estimate of drug-likeness (QED) is 0.893. The van der Waals surface area contributed by atoms with Gasteiger partial charge in [0, 0.05) is 29.8 Å². The summed E-state index contributed by atoms with van der Waals surface area (Å²) in [6, 6.07) is 12.9. The third-order valence-corrected chi connectivity index (χ3v) is 6.17. The zero-order chi connectivity index (χ0) is 18.0. The van der Waals surface area contributed by atoms with Crippen LogP contribution in [0.2, 0.25) is 0 Å². The van der Waals surface area contributed by atoms with E-state index in [2.05, 4.69) is 4.72 Å². The van der Waals surface area contributed by atoms with Crippen molar-refractivity contribution >= 4 is 39.1 Å². The fraction of sp³-hybridized carbons (Fsp3) is 0.176. The molecule has 0 spiro atoms. The minimum atomic E-state index is -3.80. The predicted octanol–water partition coefficient (Wildman–Crippen LogP) is 2.82. The van der Waals surface area contributed by atoms with Gasteiger partial charge in [-0.3, -0.25) is 9.52 Å². The van der Waals surface area contributed by atoms with Crippen LogP contribution in [-0.4, -0.2) is 26.6 Å². The molecular weight excluding hydrogens is 358 g/mol. The number of anilines is 2. The highest BCUT2D eigenvalue weighted by molar-refractivity contribution is 7.99. The smallest absolute Gasteiger partial charge is 0.261 e. The van der Waals surface area contributed by atoms with Gasteiger partial charge in [-0.25, -0.2) is 8.42 Å². The fourth-order valence-corrected chi connectivity index (χ4v) is 4.57. The zero-order valence-corrected chi connectivity index (χ0v) is 15.0. The van der Waals surface area contributed by atoms with Crippen LogP contribution in [0.3, 0.4) is 0 Å². The molecule has 1 amide bonds. The molecule has 2 aromatic rings. The summed E-state index contributed by atoms with van der Waals surface area (Å²) in [5, 5.41) is 8.80. The molecule has 2 aromatic carbocycles. The van der Waals surface area contributed by atoms with E-state index in [4.69, 9.17) is 5.26 Å². The van der Waals surface area contributed by atoms with Gasteiger partial charge >= 0.3 is 0 Å². The van der Waals surface area contributed by atoms with Gasteiger partial charge < -0.3 is 4.90 Å². The lowest BCUT2D eigenvalue weighted by Crippen LogP contribution is -2.33. The summed E-state index contributed by atoms with van der Waals surface area (Å²) in [5.41, 5.74) is 1.44. The van der Waals surface area contributed by atoms with Gasteiger partial charge in [-0.2, -0.15) is 5.26 Å². The molecule has 0 atom stereocenters. The van der Waals surface area contributed by atoms with E-state index in [1.54, 1.807) is 34.9 Å². The molecule has 3 rings (SSSR count). The van der Waals surface area contributed by atoms with E-state index in [0.29, 0.717) is 23.5 Å². The maximum atomic E-state index is 12.6. The van der Waals surface area contributed by atoms with Crippen molar-refractivity contribution < 1.29 is 13.2 Å². The monoisotopic (exact) mass is 373 g/mol. The molecule has 25 heavy (non-hydrogen) atoms. The van der Waals surface area contributed by atoms with Crippen LogP contribution in [0.4, 0.5) is 11.4 Å². The number of nitrogens with zero attached hydrogens (tertiary/aromatic N) is 2. The minimum Gasteiger partial charge on any atom is -0.311 e. The van der Waals surface area contributed by atoms with Crippen LogP contribution in [0, 0.1) is 11.3 Å². The SMILES string of the molecule is CC(=O)N1CCSc2ccc(S(=O)(=O)Nc3ccc(C#N)cc3)cc21. The first kappa shape index (κ1) is 17.3. The zero-order valence-electron chi connectivity index (χ0n) is 13.4. The van der Waals surface area contributed by atoms with Crippen molar-refractivity contribution in [3.63, 3.8) is 0 Å². The third-order valence-electron chi connectivity index (χ3n) is 3.75. The molecule has 1 aliphatic heterocycles. The summed E-state index contributed by atoms with van der Waals surface area (Å²) < 4.78 is 27.8. The lowest BCUT2D eigenvalue weighted by Gasteiger charge is -2.28. The summed E-state index contributed by atoms with van der Waals surface area (Å²) >= 11 is 1.60. The Balaban J connectivity index is 1.93. The first-order valence-corrected chi connectivity index (χ1v) is 9.95. The number of carbonyl (C=O) groups is 1. The Bertz CT molecular complexity index is 964. The van der Waals surface area contributed by atoms with Gasteiger partial charge in [0.25, 0.3) is 10.0 Å². The molecule has 8 heteroatoms. The van der Waals surface area contributed by atoms with Crippen molar-refractivity contribution in [2.45, 2.75) is 16.7 Å². The number of rotatable bonds is 3. The summed E-state index contributed by atoms with van der Waals surface area (Å²) in [6.45, 7) is 2.02. The average molecular weight is 373 g/mol. The van der Waals surface area contributed by atoms with E-state index < -0.39 is 10.0 Å². The van der Waals surface area contributed by atoms with Crippen molar-refractivity contribution in [1.82, 2.24) is 0 Å². The van der Waals surface area contributed by atoms with Crippen molar-refractivity contribution in [2.75, 3.05) is 21.9 Å². The number of sulfonamides is 1. The molecule has 1 aliphatic rings. The van der Waals surface area contributed by atoms with Crippen molar-refractivity contribution in [1.29, 1.82) is 5.26 Å². The lowest BCUT2D eigenvalue weighted by atomic mass is 10.2. The predicted molar refractivity (Wildman–Crippen MR) is 97.2 cm³/mol. The van der Waals surface area contributed by atoms with E-state index in [0.717, 1.165) is 10.6 Å². The molecule has 1 N–H and O–H groups in total. The molecule has 0 unspecified atom stereocenters. The number of thioether (sulfide) groups is 1. The number of amides is 1. The highest BCUT2D eigenvalue weighted by atomic mass is 32.2. The number of hydrogen-bond donors (Lipinski definition) is 1. The van der Waals surface area contributed by atoms with E-state index in [1.165, 1.54) is 31.2 Å². The number of benzene rings is 2. The number of nitrogens with one attached hydrogen (secondary N) is 1. The fourth-order valence-electron chi connectivity index (χ4n) is 2.52. The van der Waals surface area contributed by atoms with Crippen LogP contribution in [0.5, 0.6) is 0 Å². The number of carbonyl (C=O) groups excluding carboxylic acids is 1. The van der Waals surface area contributed by atoms with Crippen molar-refractivity contribution in [3.05, 3.63) is 48.0 Å². The first-order chi connectivity index (χ1) is 11.9. The average Bonchev–Trinajstić information content (AvgIpc) is 2.61. The van der Waals surface area contributed by atoms with Crippen LogP contribution in [0.25, 0.3) is 0 Å². The molecule has 128 valence electrons. The Morgan fingerprint density at radius 2 is 1.96 bits per heavy atom. The van der Waals surface area contributed by atoms with Gasteiger partial charge in [0.05, 0.1) is 22.2 Å². The van der Waals surface area contributed by atoms with Crippen LogP contribution in [-0.2, 0) is 14.8 Å². The van der Waals surface area contributed by atoms with Crippen LogP contribution < -0.4 is 9.62 Å². The third kappa shape index (κ3) is 3.62. The summed E-state index contributed by atoms with van der Waals surface area (Å²) in [5.74, 6) is 0.665.